The number of likely N-dealkylation sites (tertiary alicyclic amines) is 1. The van der Waals surface area contributed by atoms with E-state index < -0.39 is 0 Å². The highest BCUT2D eigenvalue weighted by Crippen LogP contribution is 2.18. The maximum atomic E-state index is 11.7. The fraction of sp³-hybridized carbons (Fsp3) is 0.800. The number of Topliss-reactive ketones (excluding diaryl/α,β-unsaturated/α-hetero) is 1. The van der Waals surface area contributed by atoms with Gasteiger partial charge in [-0.15, -0.1) is 0 Å². The summed E-state index contributed by atoms with van der Waals surface area (Å²) in [5.41, 5.74) is 0. The summed E-state index contributed by atoms with van der Waals surface area (Å²) in [5, 5.41) is 2.93. The van der Waals surface area contributed by atoms with Crippen molar-refractivity contribution in [2.24, 2.45) is 0 Å². The zero-order valence-corrected chi connectivity index (χ0v) is 8.88. The fourth-order valence-electron chi connectivity index (χ4n) is 1.86. The standard InChI is InChI=1S/C10H18N2O2/c1-8(13)9-4-3-7-12(9)10(14)5-6-11-2/h9,11H,3-7H2,1-2H3. The lowest BCUT2D eigenvalue weighted by molar-refractivity contribution is -0.136. The molecule has 1 N–H and O–H groups in total. The van der Waals surface area contributed by atoms with E-state index in [1.807, 2.05) is 7.05 Å². The van der Waals surface area contributed by atoms with E-state index in [-0.39, 0.29) is 17.7 Å². The lowest BCUT2D eigenvalue weighted by Gasteiger charge is -2.22. The number of hydrogen-bond acceptors (Lipinski definition) is 3. The molecule has 1 heterocycles. The van der Waals surface area contributed by atoms with E-state index in [9.17, 15) is 9.59 Å². The number of carbonyl (C=O) groups excluding carboxylic acids is 2. The van der Waals surface area contributed by atoms with E-state index in [0.717, 1.165) is 19.4 Å². The van der Waals surface area contributed by atoms with Crippen LogP contribution in [-0.4, -0.2) is 42.8 Å². The van der Waals surface area contributed by atoms with Crippen LogP contribution in [0.25, 0.3) is 0 Å². The van der Waals surface area contributed by atoms with E-state index in [0.29, 0.717) is 13.0 Å². The molecule has 1 amide bonds. The smallest absolute Gasteiger partial charge is 0.224 e. The second-order valence-corrected chi connectivity index (χ2v) is 3.71. The van der Waals surface area contributed by atoms with Crippen LogP contribution in [0.5, 0.6) is 0 Å². The van der Waals surface area contributed by atoms with Gasteiger partial charge < -0.3 is 10.2 Å². The van der Waals surface area contributed by atoms with Gasteiger partial charge in [0.05, 0.1) is 6.04 Å². The van der Waals surface area contributed by atoms with Crippen LogP contribution in [0.3, 0.4) is 0 Å². The van der Waals surface area contributed by atoms with Crippen LogP contribution in [0.4, 0.5) is 0 Å². The van der Waals surface area contributed by atoms with Gasteiger partial charge in [-0.3, -0.25) is 9.59 Å². The molecule has 80 valence electrons. The minimum absolute atomic E-state index is 0.0945. The number of hydrogen-bond donors (Lipinski definition) is 1. The maximum Gasteiger partial charge on any atom is 0.224 e. The molecule has 1 atom stereocenters. The monoisotopic (exact) mass is 198 g/mol. The number of amides is 1. The first-order valence-corrected chi connectivity index (χ1v) is 5.11. The molecule has 1 fully saturated rings. The summed E-state index contributed by atoms with van der Waals surface area (Å²) in [4.78, 5) is 24.6. The van der Waals surface area contributed by atoms with E-state index in [1.54, 1.807) is 11.8 Å². The summed E-state index contributed by atoms with van der Waals surface area (Å²) in [6.45, 7) is 2.99. The quantitative estimate of drug-likeness (QED) is 0.701. The Balaban J connectivity index is 2.49. The summed E-state index contributed by atoms with van der Waals surface area (Å²) in [6.07, 6.45) is 2.27. The van der Waals surface area contributed by atoms with Gasteiger partial charge in [0, 0.05) is 19.5 Å². The molecule has 0 aromatic heterocycles. The van der Waals surface area contributed by atoms with Crippen molar-refractivity contribution in [3.05, 3.63) is 0 Å². The Morgan fingerprint density at radius 3 is 2.79 bits per heavy atom. The molecule has 1 aliphatic rings. The maximum absolute atomic E-state index is 11.7. The second kappa shape index (κ2) is 5.10. The first-order valence-electron chi connectivity index (χ1n) is 5.11. The van der Waals surface area contributed by atoms with Crippen LogP contribution in [0.15, 0.2) is 0 Å². The third kappa shape index (κ3) is 2.54. The van der Waals surface area contributed by atoms with Crippen LogP contribution >= 0.6 is 0 Å². The predicted molar refractivity (Wildman–Crippen MR) is 54.0 cm³/mol. The number of nitrogens with one attached hydrogen (secondary N) is 1. The zero-order valence-electron chi connectivity index (χ0n) is 8.88. The van der Waals surface area contributed by atoms with Crippen molar-refractivity contribution in [2.45, 2.75) is 32.2 Å². The molecular formula is C10H18N2O2. The van der Waals surface area contributed by atoms with Crippen molar-refractivity contribution in [3.8, 4) is 0 Å². The average molecular weight is 198 g/mol. The minimum Gasteiger partial charge on any atom is -0.333 e. The van der Waals surface area contributed by atoms with Crippen molar-refractivity contribution in [1.82, 2.24) is 10.2 Å². The first-order chi connectivity index (χ1) is 6.66. The molecular weight excluding hydrogens is 180 g/mol. The molecule has 0 bridgehead atoms. The summed E-state index contributed by atoms with van der Waals surface area (Å²) >= 11 is 0. The zero-order chi connectivity index (χ0) is 10.6. The third-order valence-corrected chi connectivity index (χ3v) is 2.63. The molecule has 0 aliphatic carbocycles. The van der Waals surface area contributed by atoms with Gasteiger partial charge in [0.25, 0.3) is 0 Å². The second-order valence-electron chi connectivity index (χ2n) is 3.71. The highest BCUT2D eigenvalue weighted by Gasteiger charge is 2.30. The van der Waals surface area contributed by atoms with Crippen molar-refractivity contribution in [1.29, 1.82) is 0 Å². The van der Waals surface area contributed by atoms with Crippen molar-refractivity contribution in [3.63, 3.8) is 0 Å². The number of rotatable bonds is 4. The van der Waals surface area contributed by atoms with Crippen LogP contribution in [0, 0.1) is 0 Å². The van der Waals surface area contributed by atoms with E-state index in [4.69, 9.17) is 0 Å². The lowest BCUT2D eigenvalue weighted by atomic mass is 10.1. The Morgan fingerprint density at radius 1 is 1.50 bits per heavy atom. The molecule has 14 heavy (non-hydrogen) atoms. The van der Waals surface area contributed by atoms with Crippen LogP contribution in [-0.2, 0) is 9.59 Å². The van der Waals surface area contributed by atoms with Gasteiger partial charge in [0.15, 0.2) is 5.78 Å². The average Bonchev–Trinajstić information content (AvgIpc) is 2.62. The Bertz CT molecular complexity index is 228. The first kappa shape index (κ1) is 11.2. The van der Waals surface area contributed by atoms with Gasteiger partial charge in [-0.2, -0.15) is 0 Å². The molecule has 0 spiro atoms. The molecule has 1 rings (SSSR count). The molecule has 0 aromatic carbocycles. The number of nitrogens with zero attached hydrogens (tertiary/aromatic N) is 1. The largest absolute Gasteiger partial charge is 0.333 e. The van der Waals surface area contributed by atoms with Gasteiger partial charge in [0.2, 0.25) is 5.91 Å². The minimum atomic E-state index is -0.153. The molecule has 1 saturated heterocycles. The summed E-state index contributed by atoms with van der Waals surface area (Å²) in [7, 11) is 1.82. The summed E-state index contributed by atoms with van der Waals surface area (Å²) in [6, 6.07) is -0.153. The highest BCUT2D eigenvalue weighted by atomic mass is 16.2. The van der Waals surface area contributed by atoms with E-state index in [2.05, 4.69) is 5.32 Å². The van der Waals surface area contributed by atoms with Gasteiger partial charge in [0.1, 0.15) is 0 Å². The fourth-order valence-corrected chi connectivity index (χ4v) is 1.86. The number of carbonyl (C=O) groups is 2. The molecule has 4 nitrogen and oxygen atoms in total. The Kier molecular flexibility index (Phi) is 4.07. The summed E-state index contributed by atoms with van der Waals surface area (Å²) in [5.74, 6) is 0.206. The van der Waals surface area contributed by atoms with Crippen LogP contribution in [0.2, 0.25) is 0 Å². The van der Waals surface area contributed by atoms with Gasteiger partial charge in [-0.05, 0) is 26.8 Å². The van der Waals surface area contributed by atoms with Crippen molar-refractivity contribution >= 4 is 11.7 Å². The SMILES string of the molecule is CNCCC(=O)N1CCCC1C(C)=O. The molecule has 1 unspecified atom stereocenters. The van der Waals surface area contributed by atoms with Crippen LogP contribution in [0.1, 0.15) is 26.2 Å². The predicted octanol–water partition coefficient (Wildman–Crippen LogP) is 0.176. The Labute approximate surface area is 84.7 Å². The lowest BCUT2D eigenvalue weighted by Crippen LogP contribution is -2.40. The van der Waals surface area contributed by atoms with Crippen LogP contribution < -0.4 is 5.32 Å². The van der Waals surface area contributed by atoms with E-state index >= 15 is 0 Å². The highest BCUT2D eigenvalue weighted by molar-refractivity contribution is 5.88. The van der Waals surface area contributed by atoms with Crippen molar-refractivity contribution in [2.75, 3.05) is 20.1 Å². The molecule has 1 aliphatic heterocycles. The molecule has 0 aromatic rings. The Morgan fingerprint density at radius 2 is 2.21 bits per heavy atom. The third-order valence-electron chi connectivity index (χ3n) is 2.63. The summed E-state index contributed by atoms with van der Waals surface area (Å²) < 4.78 is 0. The Hall–Kier alpha value is -0.900. The topological polar surface area (TPSA) is 49.4 Å². The van der Waals surface area contributed by atoms with E-state index in [1.165, 1.54) is 0 Å². The molecule has 0 saturated carbocycles. The van der Waals surface area contributed by atoms with Gasteiger partial charge >= 0.3 is 0 Å². The van der Waals surface area contributed by atoms with Gasteiger partial charge in [-0.25, -0.2) is 0 Å². The molecule has 4 heteroatoms. The molecule has 0 radical (unpaired) electrons. The normalized spacial score (nSPS) is 21.3. The number of ketones is 1. The van der Waals surface area contributed by atoms with Crippen molar-refractivity contribution < 1.29 is 9.59 Å². The van der Waals surface area contributed by atoms with Gasteiger partial charge in [-0.1, -0.05) is 0 Å².